The molecule has 0 radical (unpaired) electrons. The highest BCUT2D eigenvalue weighted by atomic mass is 79.9. The molecule has 1 aromatic rings. The van der Waals surface area contributed by atoms with Gasteiger partial charge in [-0.1, -0.05) is 15.9 Å². The SMILES string of the molecule is Cc1cc(Br)ccc1O[C@H]1CCC[C@@H]1O. The summed E-state index contributed by atoms with van der Waals surface area (Å²) in [4.78, 5) is 0. The first-order valence-corrected chi connectivity index (χ1v) is 6.07. The van der Waals surface area contributed by atoms with Crippen LogP contribution in [0.15, 0.2) is 22.7 Å². The molecule has 0 unspecified atom stereocenters. The number of aryl methyl sites for hydroxylation is 1. The van der Waals surface area contributed by atoms with Crippen LogP contribution >= 0.6 is 15.9 Å². The second kappa shape index (κ2) is 4.54. The molecule has 1 aromatic carbocycles. The number of hydrogen-bond donors (Lipinski definition) is 1. The summed E-state index contributed by atoms with van der Waals surface area (Å²) in [6, 6.07) is 5.94. The Balaban J connectivity index is 2.10. The molecule has 0 aromatic heterocycles. The average molecular weight is 271 g/mol. The number of aliphatic hydroxyl groups excluding tert-OH is 1. The van der Waals surface area contributed by atoms with Crippen molar-refractivity contribution in [2.75, 3.05) is 0 Å². The van der Waals surface area contributed by atoms with Crippen molar-refractivity contribution >= 4 is 15.9 Å². The maximum atomic E-state index is 9.66. The topological polar surface area (TPSA) is 29.5 Å². The fraction of sp³-hybridized carbons (Fsp3) is 0.500. The summed E-state index contributed by atoms with van der Waals surface area (Å²) >= 11 is 3.42. The molecule has 0 amide bonds. The summed E-state index contributed by atoms with van der Waals surface area (Å²) in [6.07, 6.45) is 2.55. The van der Waals surface area contributed by atoms with Crippen molar-refractivity contribution in [2.24, 2.45) is 0 Å². The van der Waals surface area contributed by atoms with Gasteiger partial charge in [-0.2, -0.15) is 0 Å². The van der Waals surface area contributed by atoms with Crippen LogP contribution in [0.1, 0.15) is 24.8 Å². The van der Waals surface area contributed by atoms with E-state index in [1.807, 2.05) is 25.1 Å². The fourth-order valence-electron chi connectivity index (χ4n) is 1.95. The molecule has 1 N–H and O–H groups in total. The van der Waals surface area contributed by atoms with Crippen LogP contribution in [0.2, 0.25) is 0 Å². The van der Waals surface area contributed by atoms with Crippen molar-refractivity contribution in [3.63, 3.8) is 0 Å². The van der Waals surface area contributed by atoms with Crippen LogP contribution in [-0.4, -0.2) is 17.3 Å². The molecule has 82 valence electrons. The van der Waals surface area contributed by atoms with Crippen LogP contribution in [0, 0.1) is 6.92 Å². The third kappa shape index (κ3) is 2.52. The second-order valence-corrected chi connectivity index (χ2v) is 4.98. The van der Waals surface area contributed by atoms with Crippen molar-refractivity contribution in [3.8, 4) is 5.75 Å². The first-order valence-electron chi connectivity index (χ1n) is 5.27. The minimum absolute atomic E-state index is 0.0233. The Morgan fingerprint density at radius 3 is 2.80 bits per heavy atom. The molecule has 1 fully saturated rings. The zero-order valence-electron chi connectivity index (χ0n) is 8.74. The monoisotopic (exact) mass is 270 g/mol. The van der Waals surface area contributed by atoms with E-state index in [0.717, 1.165) is 35.0 Å². The van der Waals surface area contributed by atoms with Crippen LogP contribution in [0.25, 0.3) is 0 Å². The third-order valence-corrected chi connectivity index (χ3v) is 3.33. The predicted octanol–water partition coefficient (Wildman–Crippen LogP) is 3.05. The summed E-state index contributed by atoms with van der Waals surface area (Å²) < 4.78 is 6.86. The Morgan fingerprint density at radius 1 is 1.40 bits per heavy atom. The van der Waals surface area contributed by atoms with E-state index in [4.69, 9.17) is 4.74 Å². The van der Waals surface area contributed by atoms with Gasteiger partial charge < -0.3 is 9.84 Å². The molecule has 2 atom stereocenters. The Hall–Kier alpha value is -0.540. The highest BCUT2D eigenvalue weighted by Crippen LogP contribution is 2.28. The smallest absolute Gasteiger partial charge is 0.124 e. The molecule has 1 aliphatic rings. The Kier molecular flexibility index (Phi) is 3.32. The lowest BCUT2D eigenvalue weighted by atomic mass is 10.2. The van der Waals surface area contributed by atoms with Gasteiger partial charge in [-0.05, 0) is 49.9 Å². The number of rotatable bonds is 2. The minimum atomic E-state index is -0.298. The lowest BCUT2D eigenvalue weighted by molar-refractivity contribution is 0.0599. The molecular formula is C12H15BrO2. The van der Waals surface area contributed by atoms with E-state index < -0.39 is 0 Å². The summed E-state index contributed by atoms with van der Waals surface area (Å²) in [5.41, 5.74) is 1.10. The third-order valence-electron chi connectivity index (χ3n) is 2.83. The van der Waals surface area contributed by atoms with Crippen LogP contribution in [0.5, 0.6) is 5.75 Å². The Bertz CT molecular complexity index is 351. The van der Waals surface area contributed by atoms with Gasteiger partial charge in [0.05, 0.1) is 6.10 Å². The van der Waals surface area contributed by atoms with Crippen molar-refractivity contribution < 1.29 is 9.84 Å². The second-order valence-electron chi connectivity index (χ2n) is 4.06. The van der Waals surface area contributed by atoms with Gasteiger partial charge in [0.1, 0.15) is 11.9 Å². The van der Waals surface area contributed by atoms with Gasteiger partial charge in [-0.15, -0.1) is 0 Å². The van der Waals surface area contributed by atoms with Crippen molar-refractivity contribution in [2.45, 2.75) is 38.4 Å². The highest BCUT2D eigenvalue weighted by Gasteiger charge is 2.27. The van der Waals surface area contributed by atoms with E-state index in [0.29, 0.717) is 0 Å². The summed E-state index contributed by atoms with van der Waals surface area (Å²) in [5, 5.41) is 9.66. The van der Waals surface area contributed by atoms with E-state index >= 15 is 0 Å². The molecule has 0 heterocycles. The van der Waals surface area contributed by atoms with Crippen molar-refractivity contribution in [1.29, 1.82) is 0 Å². The van der Waals surface area contributed by atoms with Gasteiger partial charge in [0.2, 0.25) is 0 Å². The maximum absolute atomic E-state index is 9.66. The standard InChI is InChI=1S/C12H15BrO2/c1-8-7-9(13)5-6-11(8)15-12-4-2-3-10(12)14/h5-7,10,12,14H,2-4H2,1H3/t10-,12-/m0/s1. The van der Waals surface area contributed by atoms with Crippen LogP contribution in [0.3, 0.4) is 0 Å². The van der Waals surface area contributed by atoms with Crippen molar-refractivity contribution in [1.82, 2.24) is 0 Å². The molecule has 0 saturated heterocycles. The maximum Gasteiger partial charge on any atom is 0.124 e. The molecule has 0 aliphatic heterocycles. The summed E-state index contributed by atoms with van der Waals surface area (Å²) in [7, 11) is 0. The summed E-state index contributed by atoms with van der Waals surface area (Å²) in [5.74, 6) is 0.879. The lowest BCUT2D eigenvalue weighted by Crippen LogP contribution is -2.25. The van der Waals surface area contributed by atoms with Gasteiger partial charge in [0.25, 0.3) is 0 Å². The van der Waals surface area contributed by atoms with Gasteiger partial charge >= 0.3 is 0 Å². The lowest BCUT2D eigenvalue weighted by Gasteiger charge is -2.18. The molecule has 15 heavy (non-hydrogen) atoms. The van der Waals surface area contributed by atoms with Crippen LogP contribution < -0.4 is 4.74 Å². The quantitative estimate of drug-likeness (QED) is 0.895. The Labute approximate surface area is 98.4 Å². The van der Waals surface area contributed by atoms with E-state index in [-0.39, 0.29) is 12.2 Å². The number of hydrogen-bond acceptors (Lipinski definition) is 2. The van der Waals surface area contributed by atoms with Crippen LogP contribution in [0.4, 0.5) is 0 Å². The normalized spacial score (nSPS) is 25.5. The summed E-state index contributed by atoms with van der Waals surface area (Å²) in [6.45, 7) is 2.02. The fourth-order valence-corrected chi connectivity index (χ4v) is 2.43. The molecule has 2 rings (SSSR count). The highest BCUT2D eigenvalue weighted by molar-refractivity contribution is 9.10. The molecular weight excluding hydrogens is 256 g/mol. The predicted molar refractivity (Wildman–Crippen MR) is 63.2 cm³/mol. The molecule has 0 bridgehead atoms. The first-order chi connectivity index (χ1) is 7.16. The average Bonchev–Trinajstić information content (AvgIpc) is 2.57. The largest absolute Gasteiger partial charge is 0.487 e. The Morgan fingerprint density at radius 2 is 2.20 bits per heavy atom. The molecule has 3 heteroatoms. The van der Waals surface area contributed by atoms with E-state index in [1.54, 1.807) is 0 Å². The van der Waals surface area contributed by atoms with E-state index in [2.05, 4.69) is 15.9 Å². The van der Waals surface area contributed by atoms with Gasteiger partial charge in [0.15, 0.2) is 0 Å². The number of halogens is 1. The minimum Gasteiger partial charge on any atom is -0.487 e. The van der Waals surface area contributed by atoms with Crippen LogP contribution in [-0.2, 0) is 0 Å². The van der Waals surface area contributed by atoms with E-state index in [9.17, 15) is 5.11 Å². The number of aliphatic hydroxyl groups is 1. The molecule has 2 nitrogen and oxygen atoms in total. The number of benzene rings is 1. The molecule has 0 spiro atoms. The molecule has 1 aliphatic carbocycles. The van der Waals surface area contributed by atoms with Gasteiger partial charge in [0, 0.05) is 4.47 Å². The van der Waals surface area contributed by atoms with Crippen molar-refractivity contribution in [3.05, 3.63) is 28.2 Å². The molecule has 1 saturated carbocycles. The number of ether oxygens (including phenoxy) is 1. The zero-order valence-corrected chi connectivity index (χ0v) is 10.3. The first kappa shape index (κ1) is 11.0. The van der Waals surface area contributed by atoms with Gasteiger partial charge in [-0.25, -0.2) is 0 Å². The zero-order chi connectivity index (χ0) is 10.8. The van der Waals surface area contributed by atoms with E-state index in [1.165, 1.54) is 0 Å². The van der Waals surface area contributed by atoms with Gasteiger partial charge in [-0.3, -0.25) is 0 Å².